The number of nitrogens with one attached hydrogen (secondary N) is 2. The number of nitrogens with zero attached hydrogens (tertiary/aromatic N) is 4. The fraction of sp³-hybridized carbons (Fsp3) is 0.333. The van der Waals surface area contributed by atoms with Gasteiger partial charge in [-0.05, 0) is 56.6 Å². The predicted octanol–water partition coefficient (Wildman–Crippen LogP) is 2.54. The van der Waals surface area contributed by atoms with Crippen LogP contribution in [0.2, 0.25) is 0 Å². The van der Waals surface area contributed by atoms with Crippen molar-refractivity contribution in [2.45, 2.75) is 38.9 Å². The highest BCUT2D eigenvalue weighted by molar-refractivity contribution is 5.94. The molecule has 3 aromatic rings. The number of carbonyl (C=O) groups is 2. The lowest BCUT2D eigenvalue weighted by molar-refractivity contribution is 0.0939. The van der Waals surface area contributed by atoms with Crippen molar-refractivity contribution in [2.24, 2.45) is 0 Å². The third-order valence-electron chi connectivity index (χ3n) is 5.32. The molecule has 1 aromatic heterocycles. The van der Waals surface area contributed by atoms with Gasteiger partial charge in [0.05, 0.1) is 11.4 Å². The van der Waals surface area contributed by atoms with Gasteiger partial charge < -0.3 is 10.6 Å². The quantitative estimate of drug-likeness (QED) is 0.542. The van der Waals surface area contributed by atoms with Gasteiger partial charge in [0.25, 0.3) is 11.8 Å². The Balaban J connectivity index is 1.60. The zero-order valence-electron chi connectivity index (χ0n) is 18.4. The SMILES string of the molecule is CCNC(=O)c1ccc(-n2nnc(C(=O)NC3CC3)c2CN(C)Cc2ccccc2)cc1. The molecule has 0 radical (unpaired) electrons. The van der Waals surface area contributed by atoms with Crippen LogP contribution in [0.3, 0.4) is 0 Å². The third-order valence-corrected chi connectivity index (χ3v) is 5.32. The number of hydrogen-bond acceptors (Lipinski definition) is 5. The van der Waals surface area contributed by atoms with E-state index in [2.05, 4.69) is 38.0 Å². The molecular formula is C24H28N6O2. The van der Waals surface area contributed by atoms with Crippen LogP contribution >= 0.6 is 0 Å². The molecule has 1 fully saturated rings. The van der Waals surface area contributed by atoms with Gasteiger partial charge in [-0.2, -0.15) is 0 Å². The zero-order valence-corrected chi connectivity index (χ0v) is 18.4. The highest BCUT2D eigenvalue weighted by Gasteiger charge is 2.28. The van der Waals surface area contributed by atoms with E-state index < -0.39 is 0 Å². The van der Waals surface area contributed by atoms with E-state index in [0.717, 1.165) is 25.1 Å². The largest absolute Gasteiger partial charge is 0.352 e. The Hall–Kier alpha value is -3.52. The maximum absolute atomic E-state index is 12.8. The Bertz CT molecular complexity index is 1070. The van der Waals surface area contributed by atoms with Crippen molar-refractivity contribution in [3.05, 3.63) is 77.1 Å². The van der Waals surface area contributed by atoms with Crippen molar-refractivity contribution >= 4 is 11.8 Å². The van der Waals surface area contributed by atoms with E-state index in [9.17, 15) is 9.59 Å². The second-order valence-corrected chi connectivity index (χ2v) is 8.11. The molecule has 1 aliphatic carbocycles. The van der Waals surface area contributed by atoms with E-state index >= 15 is 0 Å². The summed E-state index contributed by atoms with van der Waals surface area (Å²) in [4.78, 5) is 27.0. The molecule has 0 spiro atoms. The molecule has 0 unspecified atom stereocenters. The lowest BCUT2D eigenvalue weighted by Gasteiger charge is -2.18. The van der Waals surface area contributed by atoms with Crippen molar-refractivity contribution in [1.29, 1.82) is 0 Å². The van der Waals surface area contributed by atoms with E-state index in [1.165, 1.54) is 5.56 Å². The molecule has 1 heterocycles. The number of aromatic nitrogens is 3. The minimum absolute atomic E-state index is 0.120. The highest BCUT2D eigenvalue weighted by Crippen LogP contribution is 2.21. The molecule has 8 heteroatoms. The summed E-state index contributed by atoms with van der Waals surface area (Å²) in [6, 6.07) is 17.6. The monoisotopic (exact) mass is 432 g/mol. The fourth-order valence-corrected chi connectivity index (χ4v) is 3.53. The first kappa shape index (κ1) is 21.7. The molecule has 1 saturated carbocycles. The van der Waals surface area contributed by atoms with Crippen LogP contribution in [-0.2, 0) is 13.1 Å². The molecule has 0 atom stereocenters. The summed E-state index contributed by atoms with van der Waals surface area (Å²) in [5, 5.41) is 14.3. The van der Waals surface area contributed by atoms with Crippen molar-refractivity contribution in [3.63, 3.8) is 0 Å². The molecule has 2 N–H and O–H groups in total. The molecule has 2 amide bonds. The molecule has 8 nitrogen and oxygen atoms in total. The van der Waals surface area contributed by atoms with Crippen LogP contribution in [0.4, 0.5) is 0 Å². The normalized spacial score (nSPS) is 13.2. The minimum atomic E-state index is -0.194. The molecule has 0 bridgehead atoms. The fourth-order valence-electron chi connectivity index (χ4n) is 3.53. The maximum atomic E-state index is 12.8. The summed E-state index contributed by atoms with van der Waals surface area (Å²) in [6.07, 6.45) is 2.01. The number of hydrogen-bond donors (Lipinski definition) is 2. The average Bonchev–Trinajstić information content (AvgIpc) is 3.51. The average molecular weight is 433 g/mol. The van der Waals surface area contributed by atoms with Crippen LogP contribution in [0.25, 0.3) is 5.69 Å². The molecule has 2 aromatic carbocycles. The van der Waals surface area contributed by atoms with Crippen molar-refractivity contribution in [3.8, 4) is 5.69 Å². The molecule has 32 heavy (non-hydrogen) atoms. The summed E-state index contributed by atoms with van der Waals surface area (Å²) in [5.41, 5.74) is 3.56. The van der Waals surface area contributed by atoms with Crippen LogP contribution in [-0.4, -0.2) is 51.3 Å². The smallest absolute Gasteiger partial charge is 0.274 e. The topological polar surface area (TPSA) is 92.1 Å². The lowest BCUT2D eigenvalue weighted by atomic mass is 10.1. The van der Waals surface area contributed by atoms with Gasteiger partial charge in [0.2, 0.25) is 0 Å². The van der Waals surface area contributed by atoms with E-state index in [0.29, 0.717) is 30.0 Å². The standard InChI is InChI=1S/C24H28N6O2/c1-3-25-23(31)18-9-13-20(14-10-18)30-21(16-29(2)15-17-7-5-4-6-8-17)22(27-28-30)24(32)26-19-11-12-19/h4-10,13-14,19H,3,11-12,15-16H2,1-2H3,(H,25,31)(H,26,32). The first-order chi connectivity index (χ1) is 15.5. The van der Waals surface area contributed by atoms with Gasteiger partial charge in [0.15, 0.2) is 5.69 Å². The van der Waals surface area contributed by atoms with E-state index in [4.69, 9.17) is 0 Å². The summed E-state index contributed by atoms with van der Waals surface area (Å²) in [7, 11) is 2.01. The summed E-state index contributed by atoms with van der Waals surface area (Å²) < 4.78 is 1.69. The van der Waals surface area contributed by atoms with Gasteiger partial charge in [-0.1, -0.05) is 35.5 Å². The molecule has 4 rings (SSSR count). The Morgan fingerprint density at radius 1 is 1.03 bits per heavy atom. The number of rotatable bonds is 9. The van der Waals surface area contributed by atoms with Crippen LogP contribution in [0, 0.1) is 0 Å². The Kier molecular flexibility index (Phi) is 6.61. The van der Waals surface area contributed by atoms with Crippen LogP contribution < -0.4 is 10.6 Å². The lowest BCUT2D eigenvalue weighted by Crippen LogP contribution is -2.28. The summed E-state index contributed by atoms with van der Waals surface area (Å²) >= 11 is 0. The Morgan fingerprint density at radius 2 is 1.75 bits per heavy atom. The van der Waals surface area contributed by atoms with Gasteiger partial charge in [-0.15, -0.1) is 5.10 Å². The second-order valence-electron chi connectivity index (χ2n) is 8.11. The Labute approximate surface area is 187 Å². The van der Waals surface area contributed by atoms with E-state index in [-0.39, 0.29) is 17.9 Å². The van der Waals surface area contributed by atoms with Crippen molar-refractivity contribution in [1.82, 2.24) is 30.5 Å². The molecular weight excluding hydrogens is 404 g/mol. The summed E-state index contributed by atoms with van der Waals surface area (Å²) in [6.45, 7) is 3.67. The number of amides is 2. The zero-order chi connectivity index (χ0) is 22.5. The first-order valence-corrected chi connectivity index (χ1v) is 10.9. The van der Waals surface area contributed by atoms with Crippen molar-refractivity contribution in [2.75, 3.05) is 13.6 Å². The number of benzene rings is 2. The first-order valence-electron chi connectivity index (χ1n) is 10.9. The van der Waals surface area contributed by atoms with Gasteiger partial charge in [-0.3, -0.25) is 14.5 Å². The van der Waals surface area contributed by atoms with E-state index in [1.807, 2.05) is 44.3 Å². The molecule has 0 saturated heterocycles. The maximum Gasteiger partial charge on any atom is 0.274 e. The van der Waals surface area contributed by atoms with Crippen LogP contribution in [0.5, 0.6) is 0 Å². The summed E-state index contributed by atoms with van der Waals surface area (Å²) in [5.74, 6) is -0.314. The van der Waals surface area contributed by atoms with Gasteiger partial charge >= 0.3 is 0 Å². The highest BCUT2D eigenvalue weighted by atomic mass is 16.2. The van der Waals surface area contributed by atoms with Gasteiger partial charge in [0, 0.05) is 31.2 Å². The van der Waals surface area contributed by atoms with Gasteiger partial charge in [0.1, 0.15) is 0 Å². The predicted molar refractivity (Wildman–Crippen MR) is 121 cm³/mol. The number of carbonyl (C=O) groups excluding carboxylic acids is 2. The second kappa shape index (κ2) is 9.74. The molecule has 0 aliphatic heterocycles. The van der Waals surface area contributed by atoms with E-state index in [1.54, 1.807) is 16.8 Å². The minimum Gasteiger partial charge on any atom is -0.352 e. The van der Waals surface area contributed by atoms with Crippen LogP contribution in [0.15, 0.2) is 54.6 Å². The van der Waals surface area contributed by atoms with Gasteiger partial charge in [-0.25, -0.2) is 4.68 Å². The Morgan fingerprint density at radius 3 is 2.41 bits per heavy atom. The van der Waals surface area contributed by atoms with Crippen molar-refractivity contribution < 1.29 is 9.59 Å². The molecule has 1 aliphatic rings. The third kappa shape index (κ3) is 5.20. The van der Waals surface area contributed by atoms with Crippen LogP contribution in [0.1, 0.15) is 51.9 Å². The molecule has 166 valence electrons.